The predicted molar refractivity (Wildman–Crippen MR) is 137 cm³/mol. The first kappa shape index (κ1) is 21.7. The van der Waals surface area contributed by atoms with Crippen LogP contribution in [0.4, 0.5) is 5.69 Å². The Balaban J connectivity index is 1.31. The summed E-state index contributed by atoms with van der Waals surface area (Å²) in [4.78, 5) is 13.1. The fraction of sp³-hybridized carbons (Fsp3) is 0.300. The zero-order valence-corrected chi connectivity index (χ0v) is 19.5. The van der Waals surface area contributed by atoms with E-state index in [0.717, 1.165) is 40.7 Å². The first-order chi connectivity index (χ1) is 16.1. The van der Waals surface area contributed by atoms with E-state index in [2.05, 4.69) is 79.1 Å². The van der Waals surface area contributed by atoms with Gasteiger partial charge in [0.15, 0.2) is 0 Å². The van der Waals surface area contributed by atoms with Crippen molar-refractivity contribution in [3.8, 4) is 11.1 Å². The SMILES string of the molecule is C[N+]1(Cc2cccc(NC(=O)C3=Cc4cc(-c5ccccc5)ccc4CC3)c2)CCCCC1. The molecule has 5 rings (SSSR count). The van der Waals surface area contributed by atoms with Crippen LogP contribution in [0.3, 0.4) is 0 Å². The van der Waals surface area contributed by atoms with Crippen molar-refractivity contribution in [1.82, 2.24) is 0 Å². The van der Waals surface area contributed by atoms with Gasteiger partial charge in [0.1, 0.15) is 6.54 Å². The number of piperidine rings is 1. The lowest BCUT2D eigenvalue weighted by molar-refractivity contribution is -0.926. The fourth-order valence-corrected chi connectivity index (χ4v) is 5.31. The normalized spacial score (nSPS) is 17.1. The second-order valence-electron chi connectivity index (χ2n) is 9.89. The summed E-state index contributed by atoms with van der Waals surface area (Å²) in [5.74, 6) is 0.0151. The summed E-state index contributed by atoms with van der Waals surface area (Å²) in [7, 11) is 2.36. The van der Waals surface area contributed by atoms with Gasteiger partial charge in [-0.25, -0.2) is 0 Å². The monoisotopic (exact) mass is 437 g/mol. The van der Waals surface area contributed by atoms with Gasteiger partial charge < -0.3 is 9.80 Å². The average molecular weight is 438 g/mol. The largest absolute Gasteiger partial charge is 0.322 e. The molecule has 1 aliphatic carbocycles. The van der Waals surface area contributed by atoms with Gasteiger partial charge >= 0.3 is 0 Å². The molecule has 0 atom stereocenters. The molecule has 3 nitrogen and oxygen atoms in total. The molecular formula is C30H33N2O+. The lowest BCUT2D eigenvalue weighted by atomic mass is 9.89. The Kier molecular flexibility index (Phi) is 6.15. The highest BCUT2D eigenvalue weighted by Crippen LogP contribution is 2.30. The molecule has 3 aromatic carbocycles. The minimum atomic E-state index is 0.0151. The number of amides is 1. The van der Waals surface area contributed by atoms with Crippen LogP contribution in [0, 0.1) is 0 Å². The highest BCUT2D eigenvalue weighted by atomic mass is 16.1. The maximum Gasteiger partial charge on any atom is 0.251 e. The molecule has 2 aliphatic rings. The third-order valence-corrected chi connectivity index (χ3v) is 7.18. The molecule has 1 heterocycles. The van der Waals surface area contributed by atoms with Crippen molar-refractivity contribution in [2.75, 3.05) is 25.5 Å². The molecule has 0 radical (unpaired) electrons. The van der Waals surface area contributed by atoms with Crippen molar-refractivity contribution < 1.29 is 9.28 Å². The van der Waals surface area contributed by atoms with Crippen LogP contribution in [0.25, 0.3) is 17.2 Å². The highest BCUT2D eigenvalue weighted by molar-refractivity contribution is 6.07. The fourth-order valence-electron chi connectivity index (χ4n) is 5.31. The molecule has 3 aromatic rings. The van der Waals surface area contributed by atoms with Gasteiger partial charge in [-0.05, 0) is 78.6 Å². The maximum absolute atomic E-state index is 13.1. The molecular weight excluding hydrogens is 404 g/mol. The average Bonchev–Trinajstić information content (AvgIpc) is 2.84. The van der Waals surface area contributed by atoms with Crippen LogP contribution in [-0.2, 0) is 17.8 Å². The van der Waals surface area contributed by atoms with E-state index in [1.54, 1.807) is 0 Å². The maximum atomic E-state index is 13.1. The number of quaternary nitrogens is 1. The van der Waals surface area contributed by atoms with Crippen LogP contribution >= 0.6 is 0 Å². The molecule has 33 heavy (non-hydrogen) atoms. The summed E-state index contributed by atoms with van der Waals surface area (Å²) >= 11 is 0. The number of carbonyl (C=O) groups is 1. The smallest absolute Gasteiger partial charge is 0.251 e. The zero-order chi connectivity index (χ0) is 22.7. The number of benzene rings is 3. The third-order valence-electron chi connectivity index (χ3n) is 7.18. The van der Waals surface area contributed by atoms with Crippen molar-refractivity contribution in [3.63, 3.8) is 0 Å². The molecule has 0 bridgehead atoms. The summed E-state index contributed by atoms with van der Waals surface area (Å²) in [6.07, 6.45) is 7.74. The predicted octanol–water partition coefficient (Wildman–Crippen LogP) is 6.45. The summed E-state index contributed by atoms with van der Waals surface area (Å²) in [5.41, 5.74) is 7.91. The lowest BCUT2D eigenvalue weighted by Gasteiger charge is -2.38. The van der Waals surface area contributed by atoms with Gasteiger partial charge in [-0.3, -0.25) is 4.79 Å². The van der Waals surface area contributed by atoms with Crippen LogP contribution in [0.15, 0.2) is 78.4 Å². The topological polar surface area (TPSA) is 29.1 Å². The van der Waals surface area contributed by atoms with Gasteiger partial charge in [0.05, 0.1) is 20.1 Å². The summed E-state index contributed by atoms with van der Waals surface area (Å²) in [5, 5.41) is 3.16. The molecule has 0 spiro atoms. The van der Waals surface area contributed by atoms with E-state index in [1.807, 2.05) is 12.1 Å². The van der Waals surface area contributed by atoms with Gasteiger partial charge in [-0.1, -0.05) is 54.6 Å². The summed E-state index contributed by atoms with van der Waals surface area (Å²) in [6, 6.07) is 25.4. The van der Waals surface area contributed by atoms with E-state index in [4.69, 9.17) is 0 Å². The van der Waals surface area contributed by atoms with Crippen LogP contribution in [0.1, 0.15) is 42.4 Å². The van der Waals surface area contributed by atoms with Crippen molar-refractivity contribution in [1.29, 1.82) is 0 Å². The number of fused-ring (bicyclic) bond motifs is 1. The molecule has 0 saturated carbocycles. The highest BCUT2D eigenvalue weighted by Gasteiger charge is 2.25. The standard InChI is InChI=1S/C30H32N2O/c1-32(17-6-3-7-18-32)22-23-9-8-12-29(19-23)31-30(33)27-16-14-25-13-15-26(20-28(25)21-27)24-10-4-2-5-11-24/h2,4-5,8-13,15,19-21H,3,6-7,14,16-18,22H2,1H3/p+1. The molecule has 168 valence electrons. The van der Waals surface area contributed by atoms with Gasteiger partial charge in [-0.2, -0.15) is 0 Å². The molecule has 0 aromatic heterocycles. The number of hydrogen-bond donors (Lipinski definition) is 1. The van der Waals surface area contributed by atoms with Gasteiger partial charge in [-0.15, -0.1) is 0 Å². The Labute approximate surface area is 197 Å². The molecule has 3 heteroatoms. The molecule has 1 fully saturated rings. The van der Waals surface area contributed by atoms with Gasteiger partial charge in [0.25, 0.3) is 5.91 Å². The number of carbonyl (C=O) groups excluding carboxylic acids is 1. The van der Waals surface area contributed by atoms with Crippen molar-refractivity contribution in [3.05, 3.63) is 95.1 Å². The molecule has 1 aliphatic heterocycles. The Morgan fingerprint density at radius 1 is 0.848 bits per heavy atom. The lowest BCUT2D eigenvalue weighted by Crippen LogP contribution is -2.46. The van der Waals surface area contributed by atoms with Crippen molar-refractivity contribution >= 4 is 17.7 Å². The van der Waals surface area contributed by atoms with Crippen LogP contribution in [-0.4, -0.2) is 30.5 Å². The van der Waals surface area contributed by atoms with E-state index in [-0.39, 0.29) is 5.91 Å². The Bertz CT molecular complexity index is 1170. The van der Waals surface area contributed by atoms with Gasteiger partial charge in [0.2, 0.25) is 0 Å². The molecule has 1 saturated heterocycles. The second-order valence-corrected chi connectivity index (χ2v) is 9.89. The van der Waals surface area contributed by atoms with Crippen molar-refractivity contribution in [2.24, 2.45) is 0 Å². The van der Waals surface area contributed by atoms with E-state index < -0.39 is 0 Å². The minimum absolute atomic E-state index is 0.0151. The number of aryl methyl sites for hydroxylation is 1. The first-order valence-electron chi connectivity index (χ1n) is 12.2. The molecule has 0 unspecified atom stereocenters. The minimum Gasteiger partial charge on any atom is -0.322 e. The number of hydrogen-bond acceptors (Lipinski definition) is 1. The second kappa shape index (κ2) is 9.36. The Morgan fingerprint density at radius 2 is 1.67 bits per heavy atom. The molecule has 1 N–H and O–H groups in total. The summed E-state index contributed by atoms with van der Waals surface area (Å²) in [6.45, 7) is 3.52. The van der Waals surface area contributed by atoms with E-state index >= 15 is 0 Å². The van der Waals surface area contributed by atoms with Crippen molar-refractivity contribution in [2.45, 2.75) is 38.6 Å². The third kappa shape index (κ3) is 5.09. The number of anilines is 1. The Morgan fingerprint density at radius 3 is 2.48 bits per heavy atom. The Hall–Kier alpha value is -3.17. The van der Waals surface area contributed by atoms with Gasteiger partial charge in [0, 0.05) is 16.8 Å². The number of likely N-dealkylation sites (tertiary alicyclic amines) is 1. The van der Waals surface area contributed by atoms with Crippen LogP contribution in [0.5, 0.6) is 0 Å². The summed E-state index contributed by atoms with van der Waals surface area (Å²) < 4.78 is 1.10. The number of rotatable bonds is 5. The number of nitrogens with zero attached hydrogens (tertiary/aromatic N) is 1. The molecule has 1 amide bonds. The zero-order valence-electron chi connectivity index (χ0n) is 19.5. The van der Waals surface area contributed by atoms with Crippen LogP contribution in [0.2, 0.25) is 0 Å². The number of nitrogens with one attached hydrogen (secondary N) is 1. The van der Waals surface area contributed by atoms with E-state index in [0.29, 0.717) is 0 Å². The first-order valence-corrected chi connectivity index (χ1v) is 12.2. The van der Waals surface area contributed by atoms with Crippen LogP contribution < -0.4 is 5.32 Å². The quantitative estimate of drug-likeness (QED) is 0.457. The van der Waals surface area contributed by atoms with E-state index in [9.17, 15) is 4.79 Å². The van der Waals surface area contributed by atoms with E-state index in [1.165, 1.54) is 54.6 Å².